The van der Waals surface area contributed by atoms with E-state index in [0.717, 1.165) is 11.3 Å². The molecule has 0 aliphatic rings. The van der Waals surface area contributed by atoms with Crippen molar-refractivity contribution in [2.45, 2.75) is 13.8 Å². The molecule has 0 bridgehead atoms. The maximum Gasteiger partial charge on any atom is 0.228 e. The molecule has 94 valence electrons. The molecule has 18 heavy (non-hydrogen) atoms. The second kappa shape index (κ2) is 5.00. The third kappa shape index (κ3) is 2.74. The third-order valence-electron chi connectivity index (χ3n) is 2.54. The van der Waals surface area contributed by atoms with Gasteiger partial charge in [-0.25, -0.2) is 4.98 Å². The maximum atomic E-state index is 11.6. The number of hydrogen-bond donors (Lipinski definition) is 1. The topological polar surface area (TPSA) is 59.8 Å². The Morgan fingerprint density at radius 2 is 2.17 bits per heavy atom. The summed E-state index contributed by atoms with van der Waals surface area (Å²) in [6.45, 7) is 3.69. The van der Waals surface area contributed by atoms with Crippen LogP contribution in [0.15, 0.2) is 30.6 Å². The van der Waals surface area contributed by atoms with Crippen LogP contribution >= 0.6 is 0 Å². The summed E-state index contributed by atoms with van der Waals surface area (Å²) < 4.78 is 1.74. The van der Waals surface area contributed by atoms with Gasteiger partial charge in [-0.15, -0.1) is 0 Å². The first kappa shape index (κ1) is 12.3. The van der Waals surface area contributed by atoms with E-state index in [0.29, 0.717) is 5.82 Å². The minimum atomic E-state index is -0.0645. The first-order chi connectivity index (χ1) is 8.56. The van der Waals surface area contributed by atoms with E-state index in [9.17, 15) is 4.79 Å². The number of anilines is 1. The highest BCUT2D eigenvalue weighted by atomic mass is 16.1. The molecule has 0 unspecified atom stereocenters. The number of nitrogens with zero attached hydrogens (tertiary/aromatic N) is 3. The largest absolute Gasteiger partial charge is 0.310 e. The molecule has 2 aromatic heterocycles. The summed E-state index contributed by atoms with van der Waals surface area (Å²) in [6, 6.07) is 5.61. The van der Waals surface area contributed by atoms with E-state index in [4.69, 9.17) is 0 Å². The van der Waals surface area contributed by atoms with Crippen molar-refractivity contribution in [2.24, 2.45) is 13.0 Å². The molecule has 0 saturated carbocycles. The first-order valence-electron chi connectivity index (χ1n) is 5.83. The van der Waals surface area contributed by atoms with Crippen LogP contribution in [0, 0.1) is 5.92 Å². The van der Waals surface area contributed by atoms with Crippen molar-refractivity contribution in [3.63, 3.8) is 0 Å². The van der Waals surface area contributed by atoms with Crippen molar-refractivity contribution in [3.8, 4) is 11.3 Å². The maximum absolute atomic E-state index is 11.6. The highest BCUT2D eigenvalue weighted by Crippen LogP contribution is 2.19. The highest BCUT2D eigenvalue weighted by molar-refractivity contribution is 5.91. The average Bonchev–Trinajstić information content (AvgIpc) is 2.76. The van der Waals surface area contributed by atoms with Gasteiger partial charge in [0.2, 0.25) is 5.91 Å². The van der Waals surface area contributed by atoms with E-state index >= 15 is 0 Å². The Balaban J connectivity index is 2.23. The van der Waals surface area contributed by atoms with E-state index in [2.05, 4.69) is 15.4 Å². The Morgan fingerprint density at radius 3 is 2.78 bits per heavy atom. The molecule has 2 heterocycles. The molecule has 0 radical (unpaired) electrons. The minimum Gasteiger partial charge on any atom is -0.310 e. The molecule has 0 aliphatic heterocycles. The van der Waals surface area contributed by atoms with Crippen LogP contribution in [0.25, 0.3) is 11.3 Å². The summed E-state index contributed by atoms with van der Waals surface area (Å²) in [6.07, 6.45) is 3.54. The Kier molecular flexibility index (Phi) is 3.41. The predicted molar refractivity (Wildman–Crippen MR) is 69.9 cm³/mol. The second-order valence-corrected chi connectivity index (χ2v) is 4.45. The van der Waals surface area contributed by atoms with Gasteiger partial charge in [-0.2, -0.15) is 5.10 Å². The molecule has 5 heteroatoms. The van der Waals surface area contributed by atoms with Crippen molar-refractivity contribution in [1.82, 2.24) is 14.8 Å². The lowest BCUT2D eigenvalue weighted by atomic mass is 10.2. The SMILES string of the molecule is CC(C)C(=O)Nc1cc(-c2ccn(C)n2)ccn1. The fraction of sp³-hybridized carbons (Fsp3) is 0.308. The monoisotopic (exact) mass is 244 g/mol. The number of rotatable bonds is 3. The zero-order chi connectivity index (χ0) is 13.1. The van der Waals surface area contributed by atoms with Gasteiger partial charge in [0.05, 0.1) is 5.69 Å². The number of carbonyl (C=O) groups is 1. The smallest absolute Gasteiger partial charge is 0.228 e. The van der Waals surface area contributed by atoms with Crippen LogP contribution in [0.5, 0.6) is 0 Å². The molecule has 2 aromatic rings. The van der Waals surface area contributed by atoms with Gasteiger partial charge in [0.25, 0.3) is 0 Å². The molecule has 0 atom stereocenters. The van der Waals surface area contributed by atoms with Crippen LogP contribution in [0.2, 0.25) is 0 Å². The second-order valence-electron chi connectivity index (χ2n) is 4.45. The number of hydrogen-bond acceptors (Lipinski definition) is 3. The van der Waals surface area contributed by atoms with Gasteiger partial charge in [-0.05, 0) is 18.2 Å². The molecule has 0 aliphatic carbocycles. The molecule has 0 saturated heterocycles. The van der Waals surface area contributed by atoms with E-state index < -0.39 is 0 Å². The zero-order valence-corrected chi connectivity index (χ0v) is 10.7. The number of aromatic nitrogens is 3. The summed E-state index contributed by atoms with van der Waals surface area (Å²) in [5.74, 6) is 0.447. The van der Waals surface area contributed by atoms with Crippen LogP contribution in [0.4, 0.5) is 5.82 Å². The number of aryl methyl sites for hydroxylation is 1. The zero-order valence-electron chi connectivity index (χ0n) is 10.7. The lowest BCUT2D eigenvalue weighted by Crippen LogP contribution is -2.18. The molecule has 0 spiro atoms. The summed E-state index contributed by atoms with van der Waals surface area (Å²) in [7, 11) is 1.87. The van der Waals surface area contributed by atoms with Crippen LogP contribution in [-0.4, -0.2) is 20.7 Å². The average molecular weight is 244 g/mol. The molecule has 0 fully saturated rings. The van der Waals surface area contributed by atoms with Gasteiger partial charge in [0, 0.05) is 30.9 Å². The minimum absolute atomic E-state index is 0.0410. The quantitative estimate of drug-likeness (QED) is 0.899. The molecular weight excluding hydrogens is 228 g/mol. The lowest BCUT2D eigenvalue weighted by Gasteiger charge is -2.07. The van der Waals surface area contributed by atoms with Crippen molar-refractivity contribution in [1.29, 1.82) is 0 Å². The van der Waals surface area contributed by atoms with Crippen molar-refractivity contribution < 1.29 is 4.79 Å². The normalized spacial score (nSPS) is 10.7. The highest BCUT2D eigenvalue weighted by Gasteiger charge is 2.09. The van der Waals surface area contributed by atoms with Gasteiger partial charge in [-0.1, -0.05) is 13.8 Å². The van der Waals surface area contributed by atoms with E-state index in [-0.39, 0.29) is 11.8 Å². The van der Waals surface area contributed by atoms with Gasteiger partial charge < -0.3 is 5.32 Å². The number of amides is 1. The molecule has 5 nitrogen and oxygen atoms in total. The number of carbonyl (C=O) groups excluding carboxylic acids is 1. The molecule has 1 N–H and O–H groups in total. The Labute approximate surface area is 106 Å². The third-order valence-corrected chi connectivity index (χ3v) is 2.54. The van der Waals surface area contributed by atoms with E-state index in [1.54, 1.807) is 10.9 Å². The summed E-state index contributed by atoms with van der Waals surface area (Å²) >= 11 is 0. The van der Waals surface area contributed by atoms with Crippen LogP contribution in [0.1, 0.15) is 13.8 Å². The van der Waals surface area contributed by atoms with Crippen molar-refractivity contribution >= 4 is 11.7 Å². The van der Waals surface area contributed by atoms with E-state index in [1.807, 2.05) is 45.3 Å². The molecule has 0 aromatic carbocycles. The van der Waals surface area contributed by atoms with Crippen molar-refractivity contribution in [2.75, 3.05) is 5.32 Å². The Bertz CT molecular complexity index is 560. The van der Waals surface area contributed by atoms with Gasteiger partial charge in [0.15, 0.2) is 0 Å². The van der Waals surface area contributed by atoms with Gasteiger partial charge in [0.1, 0.15) is 5.82 Å². The fourth-order valence-electron chi connectivity index (χ4n) is 1.50. The first-order valence-corrected chi connectivity index (χ1v) is 5.83. The summed E-state index contributed by atoms with van der Waals surface area (Å²) in [4.78, 5) is 15.7. The molecule has 2 rings (SSSR count). The summed E-state index contributed by atoms with van der Waals surface area (Å²) in [5, 5.41) is 7.09. The van der Waals surface area contributed by atoms with Crippen molar-refractivity contribution in [3.05, 3.63) is 30.6 Å². The standard InChI is InChI=1S/C13H16N4O/c1-9(2)13(18)15-12-8-10(4-6-14-12)11-5-7-17(3)16-11/h4-9H,1-3H3,(H,14,15,18). The molecular formula is C13H16N4O. The van der Waals surface area contributed by atoms with Gasteiger partial charge in [-0.3, -0.25) is 9.48 Å². The number of nitrogens with one attached hydrogen (secondary N) is 1. The Hall–Kier alpha value is -2.17. The Morgan fingerprint density at radius 1 is 1.39 bits per heavy atom. The predicted octanol–water partition coefficient (Wildman–Crippen LogP) is 2.08. The fourth-order valence-corrected chi connectivity index (χ4v) is 1.50. The van der Waals surface area contributed by atoms with Crippen LogP contribution in [-0.2, 0) is 11.8 Å². The van der Waals surface area contributed by atoms with Crippen LogP contribution < -0.4 is 5.32 Å². The van der Waals surface area contributed by atoms with E-state index in [1.165, 1.54) is 0 Å². The lowest BCUT2D eigenvalue weighted by molar-refractivity contribution is -0.118. The summed E-state index contributed by atoms with van der Waals surface area (Å²) in [5.41, 5.74) is 1.80. The van der Waals surface area contributed by atoms with Gasteiger partial charge >= 0.3 is 0 Å². The number of pyridine rings is 1. The van der Waals surface area contributed by atoms with Crippen LogP contribution in [0.3, 0.4) is 0 Å². The molecule has 1 amide bonds.